The average molecular weight is 289 g/mol. The van der Waals surface area contributed by atoms with Gasteiger partial charge in [-0.15, -0.1) is 11.3 Å². The minimum atomic E-state index is -0.0957. The lowest BCUT2D eigenvalue weighted by atomic mass is 10.1. The van der Waals surface area contributed by atoms with Crippen molar-refractivity contribution in [2.45, 2.75) is 27.3 Å². The van der Waals surface area contributed by atoms with Crippen LogP contribution in [0.4, 0.5) is 0 Å². The van der Waals surface area contributed by atoms with Gasteiger partial charge in [0.2, 0.25) is 0 Å². The highest BCUT2D eigenvalue weighted by Crippen LogP contribution is 2.31. The third-order valence-corrected chi connectivity index (χ3v) is 4.45. The van der Waals surface area contributed by atoms with Gasteiger partial charge in [0.15, 0.2) is 0 Å². The molecule has 1 N–H and O–H groups in total. The predicted molar refractivity (Wildman–Crippen MR) is 80.5 cm³/mol. The zero-order chi connectivity index (χ0) is 14.4. The highest BCUT2D eigenvalue weighted by molar-refractivity contribution is 7.25. The minimum absolute atomic E-state index is 0.0742. The number of aromatic nitrogens is 3. The van der Waals surface area contributed by atoms with E-state index >= 15 is 0 Å². The second kappa shape index (κ2) is 4.64. The van der Waals surface area contributed by atoms with Crippen molar-refractivity contribution in [3.8, 4) is 0 Å². The van der Waals surface area contributed by atoms with Crippen LogP contribution in [0, 0.1) is 20.8 Å². The van der Waals surface area contributed by atoms with Crippen LogP contribution in [-0.4, -0.2) is 26.2 Å². The fraction of sp³-hybridized carbons (Fsp3) is 0.357. The molecule has 0 aromatic carbocycles. The molecule has 3 aromatic rings. The van der Waals surface area contributed by atoms with Crippen LogP contribution in [0.15, 0.2) is 10.9 Å². The summed E-state index contributed by atoms with van der Waals surface area (Å²) in [5.74, 6) is 0.622. The smallest absolute Gasteiger partial charge is 0.271 e. The molecule has 0 aliphatic heterocycles. The first-order chi connectivity index (χ1) is 9.52. The van der Waals surface area contributed by atoms with Crippen molar-refractivity contribution in [2.75, 3.05) is 6.61 Å². The molecule has 5 nitrogen and oxygen atoms in total. The number of aryl methyl sites for hydroxylation is 3. The Morgan fingerprint density at radius 2 is 2.05 bits per heavy atom. The molecule has 0 saturated carbocycles. The number of fused-ring (bicyclic) bond motifs is 3. The van der Waals surface area contributed by atoms with E-state index < -0.39 is 0 Å². The molecule has 3 aromatic heterocycles. The summed E-state index contributed by atoms with van der Waals surface area (Å²) in [6, 6.07) is 2.00. The summed E-state index contributed by atoms with van der Waals surface area (Å²) in [5.41, 5.74) is 2.66. The molecule has 0 saturated heterocycles. The van der Waals surface area contributed by atoms with Crippen molar-refractivity contribution in [1.82, 2.24) is 14.5 Å². The maximum atomic E-state index is 12.5. The Morgan fingerprint density at radius 1 is 1.30 bits per heavy atom. The largest absolute Gasteiger partial charge is 0.395 e. The van der Waals surface area contributed by atoms with Crippen LogP contribution < -0.4 is 5.56 Å². The van der Waals surface area contributed by atoms with E-state index in [2.05, 4.69) is 9.97 Å². The SMILES string of the molecule is Cc1cc(C)c2c(n1)sc1c(=O)n(CCO)c(C)nc12. The Bertz CT molecular complexity index is 880. The Balaban J connectivity index is 2.49. The topological polar surface area (TPSA) is 68.0 Å². The zero-order valence-electron chi connectivity index (χ0n) is 11.6. The number of rotatable bonds is 2. The lowest BCUT2D eigenvalue weighted by Crippen LogP contribution is -2.24. The van der Waals surface area contributed by atoms with E-state index in [1.54, 1.807) is 6.92 Å². The number of nitrogens with zero attached hydrogens (tertiary/aromatic N) is 3. The third kappa shape index (κ3) is 1.83. The molecule has 0 amide bonds. The lowest BCUT2D eigenvalue weighted by molar-refractivity contribution is 0.272. The van der Waals surface area contributed by atoms with Crippen LogP contribution in [0.3, 0.4) is 0 Å². The van der Waals surface area contributed by atoms with Crippen LogP contribution >= 0.6 is 11.3 Å². The fourth-order valence-electron chi connectivity index (χ4n) is 2.53. The van der Waals surface area contributed by atoms with Gasteiger partial charge in [-0.25, -0.2) is 9.97 Å². The molecule has 20 heavy (non-hydrogen) atoms. The van der Waals surface area contributed by atoms with Gasteiger partial charge in [0.05, 0.1) is 18.7 Å². The van der Waals surface area contributed by atoms with Crippen molar-refractivity contribution < 1.29 is 5.11 Å². The van der Waals surface area contributed by atoms with Gasteiger partial charge in [0, 0.05) is 11.1 Å². The molecular weight excluding hydrogens is 274 g/mol. The number of aliphatic hydroxyl groups excluding tert-OH is 1. The highest BCUT2D eigenvalue weighted by atomic mass is 32.1. The Morgan fingerprint density at radius 3 is 2.75 bits per heavy atom. The Labute approximate surface area is 119 Å². The number of thiophene rings is 1. The van der Waals surface area contributed by atoms with Crippen LogP contribution in [-0.2, 0) is 6.54 Å². The summed E-state index contributed by atoms with van der Waals surface area (Å²) in [6.45, 7) is 5.94. The Hall–Kier alpha value is -1.79. The molecule has 0 atom stereocenters. The Kier molecular flexibility index (Phi) is 3.07. The maximum absolute atomic E-state index is 12.5. The molecule has 0 unspecified atom stereocenters. The first kappa shape index (κ1) is 13.2. The van der Waals surface area contributed by atoms with Crippen LogP contribution in [0.1, 0.15) is 17.1 Å². The predicted octanol–water partition coefficient (Wildman–Crippen LogP) is 1.92. The zero-order valence-corrected chi connectivity index (χ0v) is 12.4. The van der Waals surface area contributed by atoms with Gasteiger partial charge in [-0.3, -0.25) is 9.36 Å². The van der Waals surface area contributed by atoms with E-state index in [9.17, 15) is 4.79 Å². The monoisotopic (exact) mass is 289 g/mol. The van der Waals surface area contributed by atoms with E-state index in [1.807, 2.05) is 19.9 Å². The molecule has 0 radical (unpaired) electrons. The molecule has 0 aliphatic carbocycles. The first-order valence-electron chi connectivity index (χ1n) is 6.41. The molecule has 0 bridgehead atoms. The quantitative estimate of drug-likeness (QED) is 0.782. The number of aliphatic hydroxyl groups is 1. The first-order valence-corrected chi connectivity index (χ1v) is 7.23. The van der Waals surface area contributed by atoms with Crippen molar-refractivity contribution >= 4 is 31.8 Å². The van der Waals surface area contributed by atoms with E-state index in [0.717, 1.165) is 27.0 Å². The van der Waals surface area contributed by atoms with Crippen LogP contribution in [0.5, 0.6) is 0 Å². The highest BCUT2D eigenvalue weighted by Gasteiger charge is 2.16. The molecule has 104 valence electrons. The van der Waals surface area contributed by atoms with Gasteiger partial charge in [0.25, 0.3) is 5.56 Å². The lowest BCUT2D eigenvalue weighted by Gasteiger charge is -2.07. The minimum Gasteiger partial charge on any atom is -0.395 e. The van der Waals surface area contributed by atoms with Crippen LogP contribution in [0.25, 0.3) is 20.4 Å². The summed E-state index contributed by atoms with van der Waals surface area (Å²) in [6.07, 6.45) is 0. The fourth-order valence-corrected chi connectivity index (χ4v) is 3.71. The molecule has 6 heteroatoms. The number of hydrogen-bond acceptors (Lipinski definition) is 5. The van der Waals surface area contributed by atoms with Crippen molar-refractivity contribution in [3.63, 3.8) is 0 Å². The summed E-state index contributed by atoms with van der Waals surface area (Å²) in [7, 11) is 0. The summed E-state index contributed by atoms with van der Waals surface area (Å²) < 4.78 is 2.13. The normalized spacial score (nSPS) is 11.6. The number of pyridine rings is 1. The van der Waals surface area contributed by atoms with Crippen LogP contribution in [0.2, 0.25) is 0 Å². The summed E-state index contributed by atoms with van der Waals surface area (Å²) in [4.78, 5) is 22.4. The molecule has 3 heterocycles. The average Bonchev–Trinajstić information content (AvgIpc) is 2.73. The maximum Gasteiger partial charge on any atom is 0.271 e. The van der Waals surface area contributed by atoms with E-state index in [1.165, 1.54) is 15.9 Å². The third-order valence-electron chi connectivity index (χ3n) is 3.39. The van der Waals surface area contributed by atoms with Crippen molar-refractivity contribution in [2.24, 2.45) is 0 Å². The molecule has 0 spiro atoms. The molecular formula is C14H15N3O2S. The second-order valence-corrected chi connectivity index (χ2v) is 5.88. The van der Waals surface area contributed by atoms with Gasteiger partial charge in [-0.2, -0.15) is 0 Å². The van der Waals surface area contributed by atoms with Gasteiger partial charge >= 0.3 is 0 Å². The second-order valence-electron chi connectivity index (χ2n) is 4.88. The molecule has 0 fully saturated rings. The molecule has 3 rings (SSSR count). The molecule has 0 aliphatic rings. The number of hydrogen-bond donors (Lipinski definition) is 1. The summed E-state index contributed by atoms with van der Waals surface area (Å²) in [5, 5.41) is 10.0. The van der Waals surface area contributed by atoms with Gasteiger partial charge < -0.3 is 5.11 Å². The van der Waals surface area contributed by atoms with Crippen molar-refractivity contribution in [3.05, 3.63) is 33.5 Å². The van der Waals surface area contributed by atoms with E-state index in [-0.39, 0.29) is 18.7 Å². The summed E-state index contributed by atoms with van der Waals surface area (Å²) >= 11 is 1.38. The van der Waals surface area contributed by atoms with Crippen molar-refractivity contribution in [1.29, 1.82) is 0 Å². The standard InChI is InChI=1S/C14H15N3O2S/c1-7-6-8(2)15-13-10(7)11-12(20-13)14(19)17(4-5-18)9(3)16-11/h6,18H,4-5H2,1-3H3. The van der Waals surface area contributed by atoms with E-state index in [0.29, 0.717) is 10.5 Å². The van der Waals surface area contributed by atoms with E-state index in [4.69, 9.17) is 5.11 Å². The van der Waals surface area contributed by atoms with Gasteiger partial charge in [-0.05, 0) is 32.4 Å². The van der Waals surface area contributed by atoms with Gasteiger partial charge in [0.1, 0.15) is 15.4 Å². The van der Waals surface area contributed by atoms with Gasteiger partial charge in [-0.1, -0.05) is 0 Å².